The van der Waals surface area contributed by atoms with Gasteiger partial charge in [0.05, 0.1) is 23.8 Å². The molecule has 1 N–H and O–H groups in total. The van der Waals surface area contributed by atoms with E-state index in [9.17, 15) is 14.0 Å². The zero-order chi connectivity index (χ0) is 18.1. The van der Waals surface area contributed by atoms with Crippen molar-refractivity contribution in [2.45, 2.75) is 33.7 Å². The molecule has 1 saturated heterocycles. The van der Waals surface area contributed by atoms with Crippen molar-refractivity contribution >= 4 is 17.5 Å². The van der Waals surface area contributed by atoms with Crippen LogP contribution in [0.2, 0.25) is 0 Å². The number of benzene rings is 1. The van der Waals surface area contributed by atoms with Gasteiger partial charge in [-0.15, -0.1) is 0 Å². The summed E-state index contributed by atoms with van der Waals surface area (Å²) >= 11 is 0. The normalized spacial score (nSPS) is 17.2. The highest BCUT2D eigenvalue weighted by Gasteiger charge is 2.36. The zero-order valence-corrected chi connectivity index (χ0v) is 14.4. The van der Waals surface area contributed by atoms with E-state index in [0.717, 1.165) is 11.3 Å². The van der Waals surface area contributed by atoms with Gasteiger partial charge < -0.3 is 14.6 Å². The number of rotatable bonds is 4. The van der Waals surface area contributed by atoms with Crippen LogP contribution >= 0.6 is 0 Å². The number of nitrogens with one attached hydrogen (secondary N) is 1. The standard InChI is InChI=1S/C18H20FN3O3/c1-10-4-5-15(14(19)6-10)22-9-13(7-17(22)23)18(24)20-8-16-21-11(2)12(3)25-16/h4-6,13H,7-9H2,1-3H3,(H,20,24). The minimum Gasteiger partial charge on any atom is -0.444 e. The van der Waals surface area contributed by atoms with Crippen LogP contribution in [0.5, 0.6) is 0 Å². The lowest BCUT2D eigenvalue weighted by atomic mass is 10.1. The van der Waals surface area contributed by atoms with E-state index in [1.54, 1.807) is 26.0 Å². The average Bonchev–Trinajstić information content (AvgIpc) is 3.08. The third kappa shape index (κ3) is 3.55. The molecule has 0 aliphatic carbocycles. The van der Waals surface area contributed by atoms with Gasteiger partial charge >= 0.3 is 0 Å². The van der Waals surface area contributed by atoms with Crippen LogP contribution in [0.3, 0.4) is 0 Å². The molecule has 7 heteroatoms. The van der Waals surface area contributed by atoms with Crippen molar-refractivity contribution in [1.29, 1.82) is 0 Å². The molecule has 6 nitrogen and oxygen atoms in total. The molecule has 1 aromatic carbocycles. The second-order valence-corrected chi connectivity index (χ2v) is 6.33. The fourth-order valence-corrected chi connectivity index (χ4v) is 2.87. The lowest BCUT2D eigenvalue weighted by Crippen LogP contribution is -2.33. The molecule has 0 saturated carbocycles. The van der Waals surface area contributed by atoms with Gasteiger partial charge in [0.15, 0.2) is 0 Å². The first-order valence-electron chi connectivity index (χ1n) is 8.12. The summed E-state index contributed by atoms with van der Waals surface area (Å²) in [6.45, 7) is 5.73. The molecule has 1 atom stereocenters. The van der Waals surface area contributed by atoms with E-state index in [0.29, 0.717) is 11.7 Å². The molecule has 1 unspecified atom stereocenters. The van der Waals surface area contributed by atoms with Crippen LogP contribution in [-0.2, 0) is 16.1 Å². The highest BCUT2D eigenvalue weighted by molar-refractivity contribution is 6.00. The molecule has 25 heavy (non-hydrogen) atoms. The number of halogens is 1. The van der Waals surface area contributed by atoms with Gasteiger partial charge in [0.1, 0.15) is 11.6 Å². The highest BCUT2D eigenvalue weighted by atomic mass is 19.1. The Bertz CT molecular complexity index is 811. The number of carbonyl (C=O) groups excluding carboxylic acids is 2. The Morgan fingerprint density at radius 3 is 2.80 bits per heavy atom. The molecule has 0 bridgehead atoms. The SMILES string of the molecule is Cc1ccc(N2CC(C(=O)NCc3nc(C)c(C)o3)CC2=O)c(F)c1. The van der Waals surface area contributed by atoms with Gasteiger partial charge in [0, 0.05) is 13.0 Å². The van der Waals surface area contributed by atoms with Crippen molar-refractivity contribution in [3.8, 4) is 0 Å². The third-order valence-electron chi connectivity index (χ3n) is 4.38. The molecule has 2 aromatic rings. The maximum absolute atomic E-state index is 14.1. The third-order valence-corrected chi connectivity index (χ3v) is 4.38. The summed E-state index contributed by atoms with van der Waals surface area (Å²) in [5.74, 6) is -0.372. The number of aryl methyl sites for hydroxylation is 3. The first-order chi connectivity index (χ1) is 11.8. The monoisotopic (exact) mass is 345 g/mol. The van der Waals surface area contributed by atoms with Crippen molar-refractivity contribution in [3.63, 3.8) is 0 Å². The smallest absolute Gasteiger partial charge is 0.227 e. The molecular weight excluding hydrogens is 325 g/mol. The topological polar surface area (TPSA) is 75.4 Å². The number of oxazole rings is 1. The largest absolute Gasteiger partial charge is 0.444 e. The number of hydrogen-bond acceptors (Lipinski definition) is 4. The molecule has 2 heterocycles. The van der Waals surface area contributed by atoms with Gasteiger partial charge in [-0.3, -0.25) is 9.59 Å². The first kappa shape index (κ1) is 17.1. The summed E-state index contributed by atoms with van der Waals surface area (Å²) < 4.78 is 19.5. The van der Waals surface area contributed by atoms with Crippen LogP contribution in [0.15, 0.2) is 22.6 Å². The Balaban J connectivity index is 1.64. The summed E-state index contributed by atoms with van der Waals surface area (Å²) in [6.07, 6.45) is 0.0583. The number of carbonyl (C=O) groups is 2. The van der Waals surface area contributed by atoms with Gasteiger partial charge in [-0.2, -0.15) is 0 Å². The molecule has 132 valence electrons. The quantitative estimate of drug-likeness (QED) is 0.923. The van der Waals surface area contributed by atoms with E-state index in [1.165, 1.54) is 11.0 Å². The number of hydrogen-bond donors (Lipinski definition) is 1. The van der Waals surface area contributed by atoms with Crippen molar-refractivity contribution in [3.05, 3.63) is 46.9 Å². The Hall–Kier alpha value is -2.70. The average molecular weight is 345 g/mol. The summed E-state index contributed by atoms with van der Waals surface area (Å²) in [5, 5.41) is 2.73. The lowest BCUT2D eigenvalue weighted by molar-refractivity contribution is -0.126. The Morgan fingerprint density at radius 1 is 1.40 bits per heavy atom. The van der Waals surface area contributed by atoms with Crippen LogP contribution < -0.4 is 10.2 Å². The summed E-state index contributed by atoms with van der Waals surface area (Å²) in [5.41, 5.74) is 1.77. The van der Waals surface area contributed by atoms with Crippen LogP contribution in [0, 0.1) is 32.5 Å². The van der Waals surface area contributed by atoms with E-state index >= 15 is 0 Å². The van der Waals surface area contributed by atoms with E-state index in [2.05, 4.69) is 10.3 Å². The van der Waals surface area contributed by atoms with E-state index in [1.807, 2.05) is 6.92 Å². The van der Waals surface area contributed by atoms with Crippen LogP contribution in [-0.4, -0.2) is 23.3 Å². The van der Waals surface area contributed by atoms with Crippen molar-refractivity contribution in [2.75, 3.05) is 11.4 Å². The van der Waals surface area contributed by atoms with Gasteiger partial charge in [-0.25, -0.2) is 9.37 Å². The van der Waals surface area contributed by atoms with Gasteiger partial charge in [-0.05, 0) is 38.5 Å². The number of anilines is 1. The Kier molecular flexibility index (Phi) is 4.57. The van der Waals surface area contributed by atoms with Gasteiger partial charge in [0.25, 0.3) is 0 Å². The minimum atomic E-state index is -0.523. The lowest BCUT2D eigenvalue weighted by Gasteiger charge is -2.17. The fraction of sp³-hybridized carbons (Fsp3) is 0.389. The molecule has 1 aliphatic heterocycles. The number of aromatic nitrogens is 1. The fourth-order valence-electron chi connectivity index (χ4n) is 2.87. The van der Waals surface area contributed by atoms with Gasteiger partial charge in [-0.1, -0.05) is 6.07 Å². The summed E-state index contributed by atoms with van der Waals surface area (Å²) in [7, 11) is 0. The maximum atomic E-state index is 14.1. The van der Waals surface area contributed by atoms with Crippen LogP contribution in [0.25, 0.3) is 0 Å². The van der Waals surface area contributed by atoms with Crippen LogP contribution in [0.4, 0.5) is 10.1 Å². The molecule has 1 aliphatic rings. The second-order valence-electron chi connectivity index (χ2n) is 6.33. The van der Waals surface area contributed by atoms with Gasteiger partial charge in [0.2, 0.25) is 17.7 Å². The Morgan fingerprint density at radius 2 is 2.16 bits per heavy atom. The van der Waals surface area contributed by atoms with E-state index < -0.39 is 11.7 Å². The summed E-state index contributed by atoms with van der Waals surface area (Å²) in [4.78, 5) is 30.0. The van der Waals surface area contributed by atoms with Crippen molar-refractivity contribution < 1.29 is 18.4 Å². The number of amides is 2. The van der Waals surface area contributed by atoms with E-state index in [-0.39, 0.29) is 37.0 Å². The molecule has 2 amide bonds. The predicted molar refractivity (Wildman–Crippen MR) is 89.4 cm³/mol. The predicted octanol–water partition coefficient (Wildman–Crippen LogP) is 2.41. The molecule has 1 fully saturated rings. The summed E-state index contributed by atoms with van der Waals surface area (Å²) in [6, 6.07) is 4.69. The highest BCUT2D eigenvalue weighted by Crippen LogP contribution is 2.28. The molecular formula is C18H20FN3O3. The molecule has 3 rings (SSSR count). The van der Waals surface area contributed by atoms with Crippen molar-refractivity contribution in [1.82, 2.24) is 10.3 Å². The zero-order valence-electron chi connectivity index (χ0n) is 14.4. The Labute approximate surface area is 145 Å². The molecule has 0 spiro atoms. The first-order valence-corrected chi connectivity index (χ1v) is 8.12. The number of nitrogens with zero attached hydrogens (tertiary/aromatic N) is 2. The maximum Gasteiger partial charge on any atom is 0.227 e. The van der Waals surface area contributed by atoms with Crippen molar-refractivity contribution in [2.24, 2.45) is 5.92 Å². The van der Waals surface area contributed by atoms with Crippen LogP contribution in [0.1, 0.15) is 29.3 Å². The molecule has 0 radical (unpaired) electrons. The second kappa shape index (κ2) is 6.66. The van der Waals surface area contributed by atoms with E-state index in [4.69, 9.17) is 4.42 Å². The molecule has 1 aromatic heterocycles. The minimum absolute atomic E-state index is 0.0583.